The van der Waals surface area contributed by atoms with Gasteiger partial charge in [0.25, 0.3) is 0 Å². The van der Waals surface area contributed by atoms with Gasteiger partial charge in [-0.1, -0.05) is 0 Å². The minimum atomic E-state index is -1.21. The molecule has 3 N–H and O–H groups in total. The quantitative estimate of drug-likeness (QED) is 0.731. The molecule has 0 aliphatic rings. The lowest BCUT2D eigenvalue weighted by Gasteiger charge is -2.11. The van der Waals surface area contributed by atoms with Crippen molar-refractivity contribution in [1.29, 1.82) is 0 Å². The van der Waals surface area contributed by atoms with Crippen LogP contribution in [0.25, 0.3) is 0 Å². The van der Waals surface area contributed by atoms with Gasteiger partial charge >= 0.3 is 5.97 Å². The largest absolute Gasteiger partial charge is 0.491 e. The van der Waals surface area contributed by atoms with Crippen molar-refractivity contribution in [2.45, 2.75) is 19.4 Å². The summed E-state index contributed by atoms with van der Waals surface area (Å²) in [5, 5.41) is 8.97. The normalized spacial score (nSPS) is 10.1. The molecule has 1 amide bonds. The Labute approximate surface area is 103 Å². The lowest BCUT2D eigenvalue weighted by atomic mass is 10.2. The van der Waals surface area contributed by atoms with Gasteiger partial charge in [-0.3, -0.25) is 9.59 Å². The molecule has 0 fully saturated rings. The minimum absolute atomic E-state index is 0.0547. The van der Waals surface area contributed by atoms with Gasteiger partial charge < -0.3 is 20.1 Å². The Kier molecular flexibility index (Phi) is 4.47. The minimum Gasteiger partial charge on any atom is -0.491 e. The van der Waals surface area contributed by atoms with Gasteiger partial charge in [0.15, 0.2) is 5.75 Å². The molecule has 0 atom stereocenters. The van der Waals surface area contributed by atoms with Crippen LogP contribution in [0.5, 0.6) is 5.75 Å². The van der Waals surface area contributed by atoms with Crippen molar-refractivity contribution in [1.82, 2.24) is 4.57 Å². The van der Waals surface area contributed by atoms with E-state index in [9.17, 15) is 14.4 Å². The number of amides is 1. The van der Waals surface area contributed by atoms with Crippen molar-refractivity contribution in [3.05, 3.63) is 28.2 Å². The van der Waals surface area contributed by atoms with E-state index in [0.717, 1.165) is 6.07 Å². The summed E-state index contributed by atoms with van der Waals surface area (Å²) in [6.07, 6.45) is 1.85. The second kappa shape index (κ2) is 5.85. The standard InChI is InChI=1S/C11H14N2O5/c1-18-9-6-13(4-2-3-10(12)15)7(11(16)17)5-8(9)14/h5-6H,2-4H2,1H3,(H2,12,15)(H,16,17). The summed E-state index contributed by atoms with van der Waals surface area (Å²) >= 11 is 0. The first kappa shape index (κ1) is 13.8. The molecule has 98 valence electrons. The smallest absolute Gasteiger partial charge is 0.352 e. The number of aryl methyl sites for hydroxylation is 1. The van der Waals surface area contributed by atoms with E-state index in [1.54, 1.807) is 0 Å². The average molecular weight is 254 g/mol. The van der Waals surface area contributed by atoms with Gasteiger partial charge in [-0.25, -0.2) is 4.79 Å². The summed E-state index contributed by atoms with van der Waals surface area (Å²) in [5.41, 5.74) is 4.35. The molecular weight excluding hydrogens is 240 g/mol. The number of aromatic nitrogens is 1. The van der Waals surface area contributed by atoms with E-state index in [1.165, 1.54) is 17.9 Å². The Balaban J connectivity index is 3.02. The van der Waals surface area contributed by atoms with Gasteiger partial charge in [-0.15, -0.1) is 0 Å². The van der Waals surface area contributed by atoms with Crippen molar-refractivity contribution >= 4 is 11.9 Å². The Morgan fingerprint density at radius 2 is 2.17 bits per heavy atom. The van der Waals surface area contributed by atoms with E-state index in [-0.39, 0.29) is 24.4 Å². The first-order valence-corrected chi connectivity index (χ1v) is 5.25. The lowest BCUT2D eigenvalue weighted by molar-refractivity contribution is -0.118. The van der Waals surface area contributed by atoms with Crippen molar-refractivity contribution in [2.75, 3.05) is 7.11 Å². The van der Waals surface area contributed by atoms with Gasteiger partial charge in [0.2, 0.25) is 11.3 Å². The zero-order valence-electron chi connectivity index (χ0n) is 9.88. The van der Waals surface area contributed by atoms with E-state index in [4.69, 9.17) is 15.6 Å². The number of primary amides is 1. The number of aromatic carboxylic acids is 1. The molecule has 7 nitrogen and oxygen atoms in total. The van der Waals surface area contributed by atoms with Crippen LogP contribution in [-0.2, 0) is 11.3 Å². The third kappa shape index (κ3) is 3.34. The summed E-state index contributed by atoms with van der Waals surface area (Å²) in [6, 6.07) is 0.992. The Morgan fingerprint density at radius 1 is 1.50 bits per heavy atom. The molecule has 0 saturated carbocycles. The van der Waals surface area contributed by atoms with E-state index < -0.39 is 17.3 Å². The monoisotopic (exact) mass is 254 g/mol. The number of carboxylic acid groups (broad SMARTS) is 1. The second-order valence-electron chi connectivity index (χ2n) is 3.66. The molecule has 1 aromatic heterocycles. The SMILES string of the molecule is COc1cn(CCCC(N)=O)c(C(=O)O)cc1=O. The number of rotatable bonds is 6. The van der Waals surface area contributed by atoms with Crippen molar-refractivity contribution in [2.24, 2.45) is 5.73 Å². The molecule has 7 heteroatoms. The average Bonchev–Trinajstić information content (AvgIpc) is 2.29. The van der Waals surface area contributed by atoms with Crippen molar-refractivity contribution < 1.29 is 19.4 Å². The van der Waals surface area contributed by atoms with Crippen LogP contribution in [0, 0.1) is 0 Å². The molecule has 1 rings (SSSR count). The van der Waals surface area contributed by atoms with Crippen LogP contribution >= 0.6 is 0 Å². The van der Waals surface area contributed by atoms with Gasteiger partial charge in [0, 0.05) is 19.0 Å². The Hall–Kier alpha value is -2.31. The fraction of sp³-hybridized carbons (Fsp3) is 0.364. The van der Waals surface area contributed by atoms with Gasteiger partial charge in [-0.2, -0.15) is 0 Å². The van der Waals surface area contributed by atoms with Gasteiger partial charge in [-0.05, 0) is 6.42 Å². The van der Waals surface area contributed by atoms with Gasteiger partial charge in [0.05, 0.1) is 13.3 Å². The number of nitrogens with zero attached hydrogens (tertiary/aromatic N) is 1. The zero-order valence-corrected chi connectivity index (χ0v) is 9.88. The molecule has 1 aromatic rings. The van der Waals surface area contributed by atoms with Crippen LogP contribution in [0.2, 0.25) is 0 Å². The highest BCUT2D eigenvalue weighted by Gasteiger charge is 2.12. The fourth-order valence-corrected chi connectivity index (χ4v) is 1.50. The maximum absolute atomic E-state index is 11.4. The number of carbonyl (C=O) groups is 2. The number of ether oxygens (including phenoxy) is 1. The number of hydrogen-bond donors (Lipinski definition) is 2. The first-order valence-electron chi connectivity index (χ1n) is 5.25. The van der Waals surface area contributed by atoms with Crippen molar-refractivity contribution in [3.8, 4) is 5.75 Å². The highest BCUT2D eigenvalue weighted by atomic mass is 16.5. The summed E-state index contributed by atoms with van der Waals surface area (Å²) in [5.74, 6) is -1.62. The molecule has 0 saturated heterocycles. The van der Waals surface area contributed by atoms with Crippen LogP contribution in [0.15, 0.2) is 17.1 Å². The third-order valence-corrected chi connectivity index (χ3v) is 2.35. The van der Waals surface area contributed by atoms with Crippen LogP contribution in [0.4, 0.5) is 0 Å². The molecule has 0 aromatic carbocycles. The maximum atomic E-state index is 11.4. The predicted molar refractivity (Wildman–Crippen MR) is 62.6 cm³/mol. The molecule has 0 spiro atoms. The summed E-state index contributed by atoms with van der Waals surface area (Å²) in [4.78, 5) is 33.0. The molecular formula is C11H14N2O5. The van der Waals surface area contributed by atoms with E-state index in [0.29, 0.717) is 6.42 Å². The maximum Gasteiger partial charge on any atom is 0.352 e. The molecule has 18 heavy (non-hydrogen) atoms. The Bertz CT molecular complexity index is 521. The number of pyridine rings is 1. The number of hydrogen-bond acceptors (Lipinski definition) is 4. The number of carbonyl (C=O) groups excluding carboxylic acids is 1. The van der Waals surface area contributed by atoms with Crippen LogP contribution in [-0.4, -0.2) is 28.7 Å². The third-order valence-electron chi connectivity index (χ3n) is 2.35. The van der Waals surface area contributed by atoms with Crippen LogP contribution < -0.4 is 15.9 Å². The summed E-state index contributed by atoms with van der Waals surface area (Å²) in [7, 11) is 1.32. The zero-order chi connectivity index (χ0) is 13.7. The van der Waals surface area contributed by atoms with Crippen LogP contribution in [0.3, 0.4) is 0 Å². The van der Waals surface area contributed by atoms with E-state index >= 15 is 0 Å². The summed E-state index contributed by atoms with van der Waals surface area (Å²) < 4.78 is 6.18. The first-order chi connectivity index (χ1) is 8.45. The predicted octanol–water partition coefficient (Wildman–Crippen LogP) is -0.179. The lowest BCUT2D eigenvalue weighted by Crippen LogP contribution is -2.19. The molecule has 1 heterocycles. The van der Waals surface area contributed by atoms with Crippen molar-refractivity contribution in [3.63, 3.8) is 0 Å². The summed E-state index contributed by atoms with van der Waals surface area (Å²) in [6.45, 7) is 0.265. The topological polar surface area (TPSA) is 112 Å². The number of methoxy groups -OCH3 is 1. The fourth-order valence-electron chi connectivity index (χ4n) is 1.50. The molecule has 0 unspecified atom stereocenters. The van der Waals surface area contributed by atoms with E-state index in [1.807, 2.05) is 0 Å². The highest BCUT2D eigenvalue weighted by Crippen LogP contribution is 2.08. The number of nitrogens with two attached hydrogens (primary N) is 1. The molecule has 0 bridgehead atoms. The second-order valence-corrected chi connectivity index (χ2v) is 3.66. The molecule has 0 radical (unpaired) electrons. The van der Waals surface area contributed by atoms with E-state index in [2.05, 4.69) is 0 Å². The molecule has 0 aliphatic heterocycles. The number of carboxylic acids is 1. The molecule has 0 aliphatic carbocycles. The highest BCUT2D eigenvalue weighted by molar-refractivity contribution is 5.85. The Morgan fingerprint density at radius 3 is 2.67 bits per heavy atom. The van der Waals surface area contributed by atoms with Crippen LogP contribution in [0.1, 0.15) is 23.3 Å². The van der Waals surface area contributed by atoms with Gasteiger partial charge in [0.1, 0.15) is 5.69 Å².